The quantitative estimate of drug-likeness (QED) is 0.419. The second-order valence-corrected chi connectivity index (χ2v) is 5.23. The first kappa shape index (κ1) is 12.8. The van der Waals surface area contributed by atoms with Crippen LogP contribution in [0.5, 0.6) is 17.4 Å². The normalized spacial score (nSPS) is 11.7. The highest BCUT2D eigenvalue weighted by Gasteiger charge is 2.25. The van der Waals surface area contributed by atoms with Gasteiger partial charge in [-0.3, -0.25) is 4.79 Å². The molecule has 0 bridgehead atoms. The lowest BCUT2D eigenvalue weighted by Gasteiger charge is -2.10. The maximum atomic E-state index is 11.8. The number of fused-ring (bicyclic) bond motifs is 2. The second-order valence-electron chi connectivity index (χ2n) is 5.23. The van der Waals surface area contributed by atoms with Crippen molar-refractivity contribution >= 4 is 16.7 Å². The highest BCUT2D eigenvalue weighted by Crippen LogP contribution is 2.46. The van der Waals surface area contributed by atoms with Crippen molar-refractivity contribution in [1.82, 2.24) is 4.98 Å². The number of carbonyl (C=O) groups excluding carboxylic acids is 1. The fourth-order valence-corrected chi connectivity index (χ4v) is 2.49. The van der Waals surface area contributed by atoms with E-state index in [2.05, 4.69) is 4.98 Å². The maximum absolute atomic E-state index is 11.8. The van der Waals surface area contributed by atoms with Crippen LogP contribution in [-0.2, 0) is 6.61 Å². The molecule has 0 aliphatic carbocycles. The number of pyridine rings is 1. The van der Waals surface area contributed by atoms with Crippen molar-refractivity contribution < 1.29 is 14.3 Å². The fraction of sp³-hybridized carbons (Fsp3) is 0.111. The van der Waals surface area contributed by atoms with Gasteiger partial charge in [0.15, 0.2) is 11.5 Å². The maximum Gasteiger partial charge on any atom is 0.264 e. The Bertz CT molecular complexity index is 888. The Kier molecular flexibility index (Phi) is 2.82. The summed E-state index contributed by atoms with van der Waals surface area (Å²) in [6, 6.07) is 15.3. The van der Waals surface area contributed by atoms with Crippen LogP contribution < -0.4 is 9.47 Å². The Morgan fingerprint density at radius 1 is 1.18 bits per heavy atom. The third kappa shape index (κ3) is 2.19. The second kappa shape index (κ2) is 4.84. The average Bonchev–Trinajstić information content (AvgIpc) is 3.29. The molecule has 108 valence electrons. The first-order chi connectivity index (χ1) is 10.7. The van der Waals surface area contributed by atoms with Crippen LogP contribution in [0, 0.1) is 0 Å². The molecule has 0 unspecified atom stereocenters. The summed E-state index contributed by atoms with van der Waals surface area (Å²) in [4.78, 5) is 16.2. The molecule has 4 heteroatoms. The minimum Gasteiger partial charge on any atom is -0.487 e. The minimum absolute atomic E-state index is 0.00186. The first-order valence-electron chi connectivity index (χ1n) is 7.05. The SMILES string of the molecule is CC(=O)c1ccc(OCc2ccccc2)c2nc3c(cc12)O3. The molecule has 1 aliphatic heterocycles. The summed E-state index contributed by atoms with van der Waals surface area (Å²) < 4.78 is 11.1. The zero-order valence-corrected chi connectivity index (χ0v) is 12.0. The Morgan fingerprint density at radius 3 is 2.77 bits per heavy atom. The molecule has 0 atom stereocenters. The molecule has 0 N–H and O–H groups in total. The van der Waals surface area contributed by atoms with Gasteiger partial charge in [0.05, 0.1) is 0 Å². The topological polar surface area (TPSA) is 51.7 Å². The van der Waals surface area contributed by atoms with Crippen LogP contribution in [-0.4, -0.2) is 10.8 Å². The Balaban J connectivity index is 1.74. The molecule has 0 radical (unpaired) electrons. The van der Waals surface area contributed by atoms with E-state index in [1.807, 2.05) is 36.4 Å². The van der Waals surface area contributed by atoms with Crippen molar-refractivity contribution in [2.45, 2.75) is 13.5 Å². The average molecular weight is 291 g/mol. The van der Waals surface area contributed by atoms with Gasteiger partial charge in [0.25, 0.3) is 5.88 Å². The van der Waals surface area contributed by atoms with Crippen molar-refractivity contribution in [3.8, 4) is 17.4 Å². The van der Waals surface area contributed by atoms with E-state index < -0.39 is 0 Å². The molecular weight excluding hydrogens is 278 g/mol. The van der Waals surface area contributed by atoms with E-state index >= 15 is 0 Å². The molecule has 2 heterocycles. The smallest absolute Gasteiger partial charge is 0.264 e. The van der Waals surface area contributed by atoms with Gasteiger partial charge in [-0.15, -0.1) is 0 Å². The molecule has 1 aromatic heterocycles. The van der Waals surface area contributed by atoms with Gasteiger partial charge >= 0.3 is 0 Å². The zero-order chi connectivity index (χ0) is 15.1. The summed E-state index contributed by atoms with van der Waals surface area (Å²) in [5, 5.41) is 0.773. The van der Waals surface area contributed by atoms with Gasteiger partial charge in [-0.1, -0.05) is 30.3 Å². The van der Waals surface area contributed by atoms with Crippen molar-refractivity contribution in [1.29, 1.82) is 0 Å². The van der Waals surface area contributed by atoms with E-state index in [9.17, 15) is 4.79 Å². The van der Waals surface area contributed by atoms with E-state index in [4.69, 9.17) is 9.47 Å². The van der Waals surface area contributed by atoms with Crippen LogP contribution in [0.15, 0.2) is 48.5 Å². The number of carbonyl (C=O) groups is 1. The van der Waals surface area contributed by atoms with E-state index in [-0.39, 0.29) is 5.78 Å². The Hall–Kier alpha value is -2.88. The molecule has 2 aromatic carbocycles. The van der Waals surface area contributed by atoms with Crippen molar-refractivity contribution in [2.75, 3.05) is 0 Å². The third-order valence-corrected chi connectivity index (χ3v) is 3.66. The van der Waals surface area contributed by atoms with Crippen LogP contribution in [0.4, 0.5) is 0 Å². The number of nitrogens with zero attached hydrogens (tertiary/aromatic N) is 1. The van der Waals surface area contributed by atoms with Crippen molar-refractivity contribution in [2.24, 2.45) is 0 Å². The van der Waals surface area contributed by atoms with Crippen molar-refractivity contribution in [3.63, 3.8) is 0 Å². The van der Waals surface area contributed by atoms with Gasteiger partial charge in [-0.2, -0.15) is 0 Å². The number of hydrogen-bond acceptors (Lipinski definition) is 4. The number of rotatable bonds is 4. The van der Waals surface area contributed by atoms with Crippen LogP contribution in [0.1, 0.15) is 22.8 Å². The van der Waals surface area contributed by atoms with Gasteiger partial charge in [-0.25, -0.2) is 4.98 Å². The van der Waals surface area contributed by atoms with E-state index in [1.165, 1.54) is 0 Å². The lowest BCUT2D eigenvalue weighted by molar-refractivity contribution is 0.101. The standard InChI is InChI=1S/C18H13NO3/c1-11(20)13-7-8-15(21-10-12-5-3-2-4-6-12)17-14(13)9-16-18(19-17)22-16/h2-9H,10H2,1H3. The summed E-state index contributed by atoms with van der Waals surface area (Å²) in [6.45, 7) is 2.00. The number of ether oxygens (including phenoxy) is 2. The molecule has 1 aliphatic rings. The summed E-state index contributed by atoms with van der Waals surface area (Å²) in [7, 11) is 0. The molecule has 22 heavy (non-hydrogen) atoms. The summed E-state index contributed by atoms with van der Waals surface area (Å²) in [6.07, 6.45) is 0. The summed E-state index contributed by atoms with van der Waals surface area (Å²) >= 11 is 0. The number of Topliss-reactive ketones (excluding diaryl/α,β-unsaturated/α-hetero) is 1. The van der Waals surface area contributed by atoms with Gasteiger partial charge < -0.3 is 9.47 Å². The molecule has 0 amide bonds. The third-order valence-electron chi connectivity index (χ3n) is 3.66. The largest absolute Gasteiger partial charge is 0.487 e. The predicted molar refractivity (Wildman–Crippen MR) is 82.6 cm³/mol. The minimum atomic E-state index is 0.00186. The summed E-state index contributed by atoms with van der Waals surface area (Å²) in [5.74, 6) is 2.00. The zero-order valence-electron chi connectivity index (χ0n) is 12.0. The highest BCUT2D eigenvalue weighted by atomic mass is 16.6. The van der Waals surface area contributed by atoms with Crippen LogP contribution >= 0.6 is 0 Å². The number of aromatic nitrogens is 1. The molecule has 4 nitrogen and oxygen atoms in total. The molecule has 0 saturated heterocycles. The molecule has 0 fully saturated rings. The van der Waals surface area contributed by atoms with E-state index in [0.717, 1.165) is 16.7 Å². The van der Waals surface area contributed by atoms with E-state index in [0.29, 0.717) is 29.3 Å². The van der Waals surface area contributed by atoms with Gasteiger partial charge in [-0.05, 0) is 30.7 Å². The molecule has 3 aromatic rings. The summed E-state index contributed by atoms with van der Waals surface area (Å²) in [5.41, 5.74) is 2.38. The Labute approximate surface area is 127 Å². The predicted octanol–water partition coefficient (Wildman–Crippen LogP) is 4.12. The lowest BCUT2D eigenvalue weighted by atomic mass is 10.0. The van der Waals surface area contributed by atoms with Crippen LogP contribution in [0.3, 0.4) is 0 Å². The first-order valence-corrected chi connectivity index (χ1v) is 7.05. The molecule has 4 rings (SSSR count). The number of ketones is 1. The monoisotopic (exact) mass is 291 g/mol. The highest BCUT2D eigenvalue weighted by molar-refractivity contribution is 6.08. The number of benzene rings is 2. The Morgan fingerprint density at radius 2 is 2.00 bits per heavy atom. The molecular formula is C18H13NO3. The van der Waals surface area contributed by atoms with E-state index in [1.54, 1.807) is 19.1 Å². The van der Waals surface area contributed by atoms with Crippen molar-refractivity contribution in [3.05, 3.63) is 59.7 Å². The molecule has 0 saturated carbocycles. The van der Waals surface area contributed by atoms with Crippen LogP contribution in [0.25, 0.3) is 10.9 Å². The number of hydrogen-bond donors (Lipinski definition) is 0. The lowest BCUT2D eigenvalue weighted by Crippen LogP contribution is -1.99. The van der Waals surface area contributed by atoms with Crippen LogP contribution in [0.2, 0.25) is 0 Å². The molecule has 0 spiro atoms. The van der Waals surface area contributed by atoms with Gasteiger partial charge in [0.1, 0.15) is 17.9 Å². The van der Waals surface area contributed by atoms with Gasteiger partial charge in [0, 0.05) is 10.9 Å². The van der Waals surface area contributed by atoms with Gasteiger partial charge in [0.2, 0.25) is 0 Å². The fourth-order valence-electron chi connectivity index (χ4n) is 2.49.